The van der Waals surface area contributed by atoms with Crippen LogP contribution in [-0.4, -0.2) is 18.3 Å². The van der Waals surface area contributed by atoms with E-state index in [1.807, 2.05) is 37.3 Å². The van der Waals surface area contributed by atoms with E-state index in [0.717, 1.165) is 12.1 Å². The minimum Gasteiger partial charge on any atom is -0.394 e. The molecule has 0 fully saturated rings. The molecule has 12 heavy (non-hydrogen) atoms. The van der Waals surface area contributed by atoms with Crippen molar-refractivity contribution in [2.45, 2.75) is 13.0 Å². The highest BCUT2D eigenvalue weighted by molar-refractivity contribution is 5.18. The molecule has 1 aromatic carbocycles. The lowest BCUT2D eigenvalue weighted by Gasteiger charge is -2.14. The molecule has 2 nitrogen and oxygen atoms in total. The van der Waals surface area contributed by atoms with E-state index in [2.05, 4.69) is 5.32 Å². The number of hydrogen-bond acceptors (Lipinski definition) is 2. The molecule has 0 spiro atoms. The van der Waals surface area contributed by atoms with Gasteiger partial charge in [-0.3, -0.25) is 0 Å². The minimum absolute atomic E-state index is 0.0798. The molecule has 2 N–H and O–H groups in total. The minimum atomic E-state index is 0.0798. The molecule has 0 aromatic heterocycles. The third-order valence-electron chi connectivity index (χ3n) is 1.84. The van der Waals surface area contributed by atoms with Crippen LogP contribution < -0.4 is 5.32 Å². The maximum atomic E-state index is 9.05. The van der Waals surface area contributed by atoms with E-state index >= 15 is 0 Å². The van der Waals surface area contributed by atoms with Crippen LogP contribution in [-0.2, 0) is 0 Å². The summed E-state index contributed by atoms with van der Waals surface area (Å²) < 4.78 is 0. The first-order valence-corrected chi connectivity index (χ1v) is 4.27. The summed E-state index contributed by atoms with van der Waals surface area (Å²) >= 11 is 0. The summed E-state index contributed by atoms with van der Waals surface area (Å²) in [5.74, 6) is 0. The van der Waals surface area contributed by atoms with Crippen LogP contribution in [0.5, 0.6) is 0 Å². The number of aliphatic hydroxyl groups is 1. The van der Waals surface area contributed by atoms with E-state index in [0.29, 0.717) is 0 Å². The lowest BCUT2D eigenvalue weighted by Crippen LogP contribution is -2.23. The SMILES string of the molecule is CCN[C@H](CO)c1ccccc1. The van der Waals surface area contributed by atoms with Gasteiger partial charge in [-0.1, -0.05) is 37.3 Å². The number of benzene rings is 1. The monoisotopic (exact) mass is 165 g/mol. The molecule has 0 heterocycles. The first-order valence-electron chi connectivity index (χ1n) is 4.27. The zero-order valence-electron chi connectivity index (χ0n) is 7.33. The van der Waals surface area contributed by atoms with E-state index in [9.17, 15) is 0 Å². The normalized spacial score (nSPS) is 12.8. The summed E-state index contributed by atoms with van der Waals surface area (Å²) in [7, 11) is 0. The molecule has 66 valence electrons. The Hall–Kier alpha value is -0.860. The van der Waals surface area contributed by atoms with E-state index in [4.69, 9.17) is 5.11 Å². The van der Waals surface area contributed by atoms with Gasteiger partial charge in [-0.2, -0.15) is 0 Å². The van der Waals surface area contributed by atoms with Crippen LogP contribution in [0.25, 0.3) is 0 Å². The Morgan fingerprint density at radius 3 is 2.50 bits per heavy atom. The fraction of sp³-hybridized carbons (Fsp3) is 0.400. The van der Waals surface area contributed by atoms with Gasteiger partial charge in [0.1, 0.15) is 0 Å². The molecule has 0 unspecified atom stereocenters. The maximum absolute atomic E-state index is 9.05. The van der Waals surface area contributed by atoms with Crippen LogP contribution in [0.15, 0.2) is 30.3 Å². The zero-order valence-corrected chi connectivity index (χ0v) is 7.33. The van der Waals surface area contributed by atoms with Crippen molar-refractivity contribution in [3.63, 3.8) is 0 Å². The highest BCUT2D eigenvalue weighted by Gasteiger charge is 2.06. The molecule has 1 atom stereocenters. The van der Waals surface area contributed by atoms with Gasteiger partial charge in [-0.15, -0.1) is 0 Å². The third-order valence-corrected chi connectivity index (χ3v) is 1.84. The molecule has 1 rings (SSSR count). The second kappa shape index (κ2) is 4.91. The van der Waals surface area contributed by atoms with Gasteiger partial charge in [0.25, 0.3) is 0 Å². The van der Waals surface area contributed by atoms with Crippen LogP contribution in [0.4, 0.5) is 0 Å². The molecule has 0 saturated carbocycles. The Balaban J connectivity index is 2.66. The molecule has 0 aliphatic heterocycles. The molecule has 0 bridgehead atoms. The van der Waals surface area contributed by atoms with Crippen molar-refractivity contribution >= 4 is 0 Å². The van der Waals surface area contributed by atoms with Crippen molar-refractivity contribution in [3.8, 4) is 0 Å². The van der Waals surface area contributed by atoms with E-state index in [1.165, 1.54) is 0 Å². The van der Waals surface area contributed by atoms with Crippen molar-refractivity contribution in [1.82, 2.24) is 5.32 Å². The summed E-state index contributed by atoms with van der Waals surface area (Å²) in [4.78, 5) is 0. The quantitative estimate of drug-likeness (QED) is 0.705. The van der Waals surface area contributed by atoms with Gasteiger partial charge in [-0.25, -0.2) is 0 Å². The molecular formula is C10H15NO. The maximum Gasteiger partial charge on any atom is 0.0626 e. The standard InChI is InChI=1S/C10H15NO/c1-2-11-10(8-12)9-6-4-3-5-7-9/h3-7,10-12H,2,8H2,1H3/t10-/m1/s1. The molecule has 0 aliphatic carbocycles. The first kappa shape index (κ1) is 9.23. The number of nitrogens with one attached hydrogen (secondary N) is 1. The third kappa shape index (κ3) is 2.32. The zero-order chi connectivity index (χ0) is 8.81. The van der Waals surface area contributed by atoms with Crippen molar-refractivity contribution in [3.05, 3.63) is 35.9 Å². The topological polar surface area (TPSA) is 32.3 Å². The van der Waals surface area contributed by atoms with E-state index in [-0.39, 0.29) is 12.6 Å². The largest absolute Gasteiger partial charge is 0.394 e. The number of hydrogen-bond donors (Lipinski definition) is 2. The second-order valence-electron chi connectivity index (χ2n) is 2.70. The van der Waals surface area contributed by atoms with Gasteiger partial charge in [0.2, 0.25) is 0 Å². The highest BCUT2D eigenvalue weighted by atomic mass is 16.3. The molecule has 0 amide bonds. The Morgan fingerprint density at radius 1 is 1.33 bits per heavy atom. The molecule has 0 saturated heterocycles. The Labute approximate surface area is 73.2 Å². The highest BCUT2D eigenvalue weighted by Crippen LogP contribution is 2.10. The molecule has 0 aliphatic rings. The summed E-state index contributed by atoms with van der Waals surface area (Å²) in [6.45, 7) is 3.06. The van der Waals surface area contributed by atoms with Crippen LogP contribution in [0.3, 0.4) is 0 Å². The van der Waals surface area contributed by atoms with Crippen molar-refractivity contribution in [1.29, 1.82) is 0 Å². The Kier molecular flexibility index (Phi) is 3.77. The van der Waals surface area contributed by atoms with Gasteiger partial charge >= 0.3 is 0 Å². The van der Waals surface area contributed by atoms with Crippen LogP contribution in [0.1, 0.15) is 18.5 Å². The Morgan fingerprint density at radius 2 is 2.00 bits per heavy atom. The average molecular weight is 165 g/mol. The summed E-state index contributed by atoms with van der Waals surface area (Å²) in [5.41, 5.74) is 1.14. The van der Waals surface area contributed by atoms with Crippen LogP contribution in [0.2, 0.25) is 0 Å². The van der Waals surface area contributed by atoms with Gasteiger partial charge < -0.3 is 10.4 Å². The van der Waals surface area contributed by atoms with Gasteiger partial charge in [0.15, 0.2) is 0 Å². The summed E-state index contributed by atoms with van der Waals surface area (Å²) in [6.07, 6.45) is 0. The lowest BCUT2D eigenvalue weighted by atomic mass is 10.1. The van der Waals surface area contributed by atoms with Crippen molar-refractivity contribution in [2.24, 2.45) is 0 Å². The van der Waals surface area contributed by atoms with Crippen molar-refractivity contribution < 1.29 is 5.11 Å². The predicted octanol–water partition coefficient (Wildman–Crippen LogP) is 1.33. The summed E-state index contributed by atoms with van der Waals surface area (Å²) in [6, 6.07) is 10.1. The van der Waals surface area contributed by atoms with Crippen LogP contribution in [0, 0.1) is 0 Å². The molecule has 0 radical (unpaired) electrons. The van der Waals surface area contributed by atoms with Crippen molar-refractivity contribution in [2.75, 3.05) is 13.2 Å². The smallest absolute Gasteiger partial charge is 0.0626 e. The fourth-order valence-electron chi connectivity index (χ4n) is 1.22. The van der Waals surface area contributed by atoms with Gasteiger partial charge in [0.05, 0.1) is 12.6 Å². The van der Waals surface area contributed by atoms with E-state index < -0.39 is 0 Å². The average Bonchev–Trinajstić information content (AvgIpc) is 2.15. The van der Waals surface area contributed by atoms with Gasteiger partial charge in [-0.05, 0) is 12.1 Å². The fourth-order valence-corrected chi connectivity index (χ4v) is 1.22. The van der Waals surface area contributed by atoms with Crippen LogP contribution >= 0.6 is 0 Å². The van der Waals surface area contributed by atoms with E-state index in [1.54, 1.807) is 0 Å². The number of aliphatic hydroxyl groups excluding tert-OH is 1. The molecule has 1 aromatic rings. The molecular weight excluding hydrogens is 150 g/mol. The Bertz CT molecular complexity index is 210. The molecule has 2 heteroatoms. The first-order chi connectivity index (χ1) is 5.88. The number of rotatable bonds is 4. The second-order valence-corrected chi connectivity index (χ2v) is 2.70. The van der Waals surface area contributed by atoms with Gasteiger partial charge in [0, 0.05) is 0 Å². The lowest BCUT2D eigenvalue weighted by molar-refractivity contribution is 0.246. The summed E-state index contributed by atoms with van der Waals surface area (Å²) in [5, 5.41) is 12.2. The predicted molar refractivity (Wildman–Crippen MR) is 49.9 cm³/mol. The number of likely N-dealkylation sites (N-methyl/N-ethyl adjacent to an activating group) is 1.